The second kappa shape index (κ2) is 15.3. The van der Waals surface area contributed by atoms with Crippen LogP contribution in [0.4, 0.5) is 23.4 Å². The summed E-state index contributed by atoms with van der Waals surface area (Å²) in [6.07, 6.45) is 0.644. The van der Waals surface area contributed by atoms with E-state index in [4.69, 9.17) is 32.0 Å². The molecule has 3 atom stereocenters. The maximum Gasteiger partial charge on any atom is 0.268 e. The first-order chi connectivity index (χ1) is 26.4. The van der Waals surface area contributed by atoms with Crippen LogP contribution in [-0.2, 0) is 27.7 Å². The number of sulfonamides is 1. The molecule has 1 aliphatic carbocycles. The number of hydrogen-bond acceptors (Lipinski definition) is 9. The van der Waals surface area contributed by atoms with E-state index in [-0.39, 0.29) is 101 Å². The number of fused-ring (bicyclic) bond motifs is 2. The molecule has 1 aliphatic heterocycles. The summed E-state index contributed by atoms with van der Waals surface area (Å²) in [4.78, 5) is 26.8. The number of hydrogen-bond donors (Lipinski definition) is 2. The zero-order valence-electron chi connectivity index (χ0n) is 31.3. The Labute approximate surface area is 326 Å². The average molecular weight is 819 g/mol. The number of anilines is 1. The fraction of sp³-hybridized carbons (Fsp3) is 0.474. The van der Waals surface area contributed by atoms with Gasteiger partial charge in [0.05, 0.1) is 58.0 Å². The van der Waals surface area contributed by atoms with E-state index in [1.54, 1.807) is 23.7 Å². The highest BCUT2D eigenvalue weighted by molar-refractivity contribution is 7.92. The highest BCUT2D eigenvalue weighted by Gasteiger charge is 2.36. The van der Waals surface area contributed by atoms with Crippen LogP contribution in [0.3, 0.4) is 0 Å². The maximum absolute atomic E-state index is 15.0. The number of nitrogens with two attached hydrogens (primary N) is 1. The van der Waals surface area contributed by atoms with Crippen LogP contribution >= 0.6 is 11.6 Å². The predicted octanol–water partition coefficient (Wildman–Crippen LogP) is 6.39. The van der Waals surface area contributed by atoms with Crippen LogP contribution in [0.1, 0.15) is 74.1 Å². The third-order valence-electron chi connectivity index (χ3n) is 10.4. The maximum atomic E-state index is 15.0. The Hall–Kier alpha value is -4.16. The molecule has 0 amide bonds. The van der Waals surface area contributed by atoms with Gasteiger partial charge in [-0.15, -0.1) is 0 Å². The number of aromatic nitrogens is 5. The van der Waals surface area contributed by atoms with E-state index < -0.39 is 39.2 Å². The monoisotopic (exact) mass is 818 g/mol. The van der Waals surface area contributed by atoms with Gasteiger partial charge in [0.2, 0.25) is 15.9 Å². The topological polar surface area (TPSA) is 150 Å². The normalized spacial score (nSPS) is 20.2. The average Bonchev–Trinajstić information content (AvgIpc) is 3.44. The van der Waals surface area contributed by atoms with E-state index in [1.165, 1.54) is 10.6 Å². The number of ether oxygens (including phenoxy) is 1. The van der Waals surface area contributed by atoms with Crippen molar-refractivity contribution in [3.8, 4) is 5.69 Å². The van der Waals surface area contributed by atoms with Crippen LogP contribution in [0.2, 0.25) is 5.02 Å². The van der Waals surface area contributed by atoms with Crippen LogP contribution in [0.15, 0.2) is 41.2 Å². The first-order valence-corrected chi connectivity index (χ1v) is 20.7. The summed E-state index contributed by atoms with van der Waals surface area (Å²) in [6.45, 7) is 7.71. The minimum absolute atomic E-state index is 0.0174. The molecule has 7 rings (SSSR count). The van der Waals surface area contributed by atoms with Crippen molar-refractivity contribution in [1.82, 2.24) is 29.2 Å². The molecule has 1 saturated carbocycles. The third kappa shape index (κ3) is 8.42. The van der Waals surface area contributed by atoms with Gasteiger partial charge in [-0.3, -0.25) is 23.7 Å². The zero-order chi connectivity index (χ0) is 40.3. The third-order valence-corrected chi connectivity index (χ3v) is 11.3. The van der Waals surface area contributed by atoms with Crippen molar-refractivity contribution in [1.29, 1.82) is 0 Å². The van der Waals surface area contributed by atoms with Gasteiger partial charge in [0.25, 0.3) is 5.56 Å². The lowest BCUT2D eigenvalue weighted by Gasteiger charge is -2.35. The van der Waals surface area contributed by atoms with E-state index in [1.807, 2.05) is 13.8 Å². The van der Waals surface area contributed by atoms with E-state index in [9.17, 15) is 30.8 Å². The van der Waals surface area contributed by atoms with Crippen LogP contribution in [-0.4, -0.2) is 81.7 Å². The summed E-state index contributed by atoms with van der Waals surface area (Å²) >= 11 is 6.79. The van der Waals surface area contributed by atoms with Crippen molar-refractivity contribution in [2.24, 2.45) is 5.73 Å². The van der Waals surface area contributed by atoms with Crippen molar-refractivity contribution in [3.63, 3.8) is 0 Å². The van der Waals surface area contributed by atoms with E-state index in [2.05, 4.69) is 14.7 Å². The molecule has 0 radical (unpaired) electrons. The summed E-state index contributed by atoms with van der Waals surface area (Å²) in [6, 6.07) is 6.68. The van der Waals surface area contributed by atoms with Crippen LogP contribution < -0.4 is 16.0 Å². The molecule has 2 fully saturated rings. The Kier molecular flexibility index (Phi) is 10.9. The van der Waals surface area contributed by atoms with Gasteiger partial charge in [-0.2, -0.15) is 5.10 Å². The fourth-order valence-corrected chi connectivity index (χ4v) is 8.79. The molecule has 4 heterocycles. The first-order valence-electron chi connectivity index (χ1n) is 18.4. The van der Waals surface area contributed by atoms with Crippen LogP contribution in [0, 0.1) is 18.6 Å². The molecule has 56 heavy (non-hydrogen) atoms. The van der Waals surface area contributed by atoms with Gasteiger partial charge in [0.15, 0.2) is 11.5 Å². The molecule has 2 aromatic carbocycles. The molecule has 0 bridgehead atoms. The van der Waals surface area contributed by atoms with Gasteiger partial charge in [-0.05, 0) is 81.5 Å². The molecule has 5 aromatic rings. The van der Waals surface area contributed by atoms with Crippen molar-refractivity contribution in [3.05, 3.63) is 86.1 Å². The molecular formula is C38H43ClF4N8O4S. The number of halogens is 5. The van der Waals surface area contributed by atoms with Crippen molar-refractivity contribution >= 4 is 49.4 Å². The Balaban J connectivity index is 1.44. The summed E-state index contributed by atoms with van der Waals surface area (Å²) in [5.41, 5.74) is 8.04. The van der Waals surface area contributed by atoms with Gasteiger partial charge < -0.3 is 10.5 Å². The number of benzene rings is 2. The summed E-state index contributed by atoms with van der Waals surface area (Å²) in [5.74, 6) is -4.73. The molecule has 0 spiro atoms. The standard InChI is InChI=1S/C38H43ClF4N8O4S/c1-20-13-29(24-7-9-38(42,43)10-8-24)45-34-31(20)37(52)51(36(46-34)28(44)16-23-14-25(40)17-26(41)15-23)30-6-5-27(39)32-33(30)50(47-35(32)48-56(4,53)54)12-11-49-18-21(2)55-22(3)19-49/h5-6,13-15,17,21-22,24,28H,7-12,16,18-19,44H2,1-4H3,(H,47,48)/t21-,22+,28-/m0/s1. The van der Waals surface area contributed by atoms with Gasteiger partial charge in [0.1, 0.15) is 17.5 Å². The Bertz CT molecular complexity index is 2460. The van der Waals surface area contributed by atoms with E-state index >= 15 is 0 Å². The largest absolute Gasteiger partial charge is 0.373 e. The lowest BCUT2D eigenvalue weighted by Crippen LogP contribution is -2.46. The van der Waals surface area contributed by atoms with Crippen molar-refractivity contribution in [2.75, 3.05) is 30.6 Å². The Morgan fingerprint density at radius 3 is 2.32 bits per heavy atom. The van der Waals surface area contributed by atoms with Crippen LogP contribution in [0.25, 0.3) is 27.6 Å². The number of morpholine rings is 1. The summed E-state index contributed by atoms with van der Waals surface area (Å²) < 4.78 is 93.2. The second-order valence-corrected chi connectivity index (χ2v) is 17.3. The van der Waals surface area contributed by atoms with E-state index in [0.29, 0.717) is 36.4 Å². The van der Waals surface area contributed by atoms with E-state index in [0.717, 1.165) is 24.5 Å². The Morgan fingerprint density at radius 2 is 1.68 bits per heavy atom. The predicted molar refractivity (Wildman–Crippen MR) is 206 cm³/mol. The lowest BCUT2D eigenvalue weighted by atomic mass is 9.84. The van der Waals surface area contributed by atoms with Crippen molar-refractivity contribution in [2.45, 2.75) is 89.5 Å². The molecule has 2 aliphatic rings. The summed E-state index contributed by atoms with van der Waals surface area (Å²) in [7, 11) is -3.85. The number of alkyl halides is 2. The molecule has 0 unspecified atom stereocenters. The first kappa shape index (κ1) is 40.1. The zero-order valence-corrected chi connectivity index (χ0v) is 32.9. The fourth-order valence-electron chi connectivity index (χ4n) is 8.06. The van der Waals surface area contributed by atoms with Gasteiger partial charge >= 0.3 is 0 Å². The number of rotatable bonds is 10. The second-order valence-electron chi connectivity index (χ2n) is 15.1. The molecule has 12 nitrogen and oxygen atoms in total. The van der Waals surface area contributed by atoms with Crippen LogP contribution in [0.5, 0.6) is 0 Å². The molecule has 3 N–H and O–H groups in total. The SMILES string of the molecule is Cc1cc(C2CCC(F)(F)CC2)nc2nc([C@@H](N)Cc3cc(F)cc(F)c3)n(-c3ccc(Cl)c4c(NS(C)(=O)=O)nn(CCN5C[C@@H](C)O[C@@H](C)C5)c34)c(=O)c12. The summed E-state index contributed by atoms with van der Waals surface area (Å²) in [5, 5.41) is 5.17. The van der Waals surface area contributed by atoms with Gasteiger partial charge in [0, 0.05) is 50.2 Å². The van der Waals surface area contributed by atoms with Gasteiger partial charge in [-0.1, -0.05) is 11.6 Å². The molecule has 1 saturated heterocycles. The minimum atomic E-state index is -3.85. The van der Waals surface area contributed by atoms with Crippen molar-refractivity contribution < 1.29 is 30.7 Å². The minimum Gasteiger partial charge on any atom is -0.373 e. The van der Waals surface area contributed by atoms with Gasteiger partial charge in [-0.25, -0.2) is 35.9 Å². The molecule has 3 aromatic heterocycles. The smallest absolute Gasteiger partial charge is 0.268 e. The quantitative estimate of drug-likeness (QED) is 0.153. The lowest BCUT2D eigenvalue weighted by molar-refractivity contribution is -0.0686. The number of nitrogens with zero attached hydrogens (tertiary/aromatic N) is 6. The molecule has 18 heteroatoms. The number of aryl methyl sites for hydroxylation is 1. The number of pyridine rings is 1. The molecule has 300 valence electrons. The highest BCUT2D eigenvalue weighted by Crippen LogP contribution is 2.41. The Morgan fingerprint density at radius 1 is 1.02 bits per heavy atom. The molecular weight excluding hydrogens is 776 g/mol. The number of nitrogens with one attached hydrogen (secondary N) is 1. The highest BCUT2D eigenvalue weighted by atomic mass is 35.5.